The summed E-state index contributed by atoms with van der Waals surface area (Å²) >= 11 is 0. The lowest BCUT2D eigenvalue weighted by Gasteiger charge is -2.37. The van der Waals surface area contributed by atoms with Gasteiger partial charge in [0.25, 0.3) is 0 Å². The molecule has 1 fully saturated rings. The number of aryl methyl sites for hydroxylation is 1. The lowest BCUT2D eigenvalue weighted by molar-refractivity contribution is 0.0240. The van der Waals surface area contributed by atoms with Crippen LogP contribution in [0.25, 0.3) is 0 Å². The van der Waals surface area contributed by atoms with Crippen molar-refractivity contribution in [2.45, 2.75) is 45.1 Å². The van der Waals surface area contributed by atoms with E-state index in [9.17, 15) is 9.90 Å². The number of nitrogens with zero attached hydrogens (tertiary/aromatic N) is 4. The molecule has 1 aromatic rings. The quantitative estimate of drug-likeness (QED) is 0.884. The number of rotatable bonds is 2. The number of amides is 1. The highest BCUT2D eigenvalue weighted by Gasteiger charge is 2.32. The summed E-state index contributed by atoms with van der Waals surface area (Å²) in [5.41, 5.74) is 1.66. The number of carbonyl (C=O) groups excluding carboxylic acids is 1. The van der Waals surface area contributed by atoms with Crippen LogP contribution >= 0.6 is 0 Å². The number of piperazine rings is 1. The van der Waals surface area contributed by atoms with E-state index >= 15 is 0 Å². The van der Waals surface area contributed by atoms with E-state index in [0.717, 1.165) is 29.9 Å². The Morgan fingerprint density at radius 3 is 2.62 bits per heavy atom. The van der Waals surface area contributed by atoms with Crippen molar-refractivity contribution in [1.82, 2.24) is 14.9 Å². The van der Waals surface area contributed by atoms with E-state index in [-0.39, 0.29) is 18.6 Å². The van der Waals surface area contributed by atoms with Crippen LogP contribution in [0.4, 0.5) is 10.6 Å². The molecule has 0 spiro atoms. The van der Waals surface area contributed by atoms with Gasteiger partial charge in [0.05, 0.1) is 6.61 Å². The largest absolute Gasteiger partial charge is 0.444 e. The van der Waals surface area contributed by atoms with Crippen molar-refractivity contribution < 1.29 is 14.6 Å². The van der Waals surface area contributed by atoms with Crippen molar-refractivity contribution in [3.05, 3.63) is 17.6 Å². The first kappa shape index (κ1) is 17.0. The molecule has 0 unspecified atom stereocenters. The molecule has 1 amide bonds. The van der Waals surface area contributed by atoms with Gasteiger partial charge in [-0.25, -0.2) is 14.8 Å². The van der Waals surface area contributed by atoms with Gasteiger partial charge in [0.1, 0.15) is 17.7 Å². The Kier molecular flexibility index (Phi) is 4.62. The van der Waals surface area contributed by atoms with E-state index in [1.807, 2.05) is 20.8 Å². The molecule has 1 aliphatic heterocycles. The van der Waals surface area contributed by atoms with Crippen LogP contribution in [-0.2, 0) is 11.2 Å². The van der Waals surface area contributed by atoms with Gasteiger partial charge in [-0.15, -0.1) is 0 Å². The predicted octanol–water partition coefficient (Wildman–Crippen LogP) is 1.56. The van der Waals surface area contributed by atoms with Crippen LogP contribution in [-0.4, -0.2) is 64.5 Å². The second-order valence-electron chi connectivity index (χ2n) is 7.43. The molecule has 132 valence electrons. The van der Waals surface area contributed by atoms with Crippen molar-refractivity contribution >= 4 is 11.9 Å². The summed E-state index contributed by atoms with van der Waals surface area (Å²) in [6.07, 6.45) is 3.17. The number of fused-ring (bicyclic) bond motifs is 1. The summed E-state index contributed by atoms with van der Waals surface area (Å²) in [5, 5.41) is 9.62. The monoisotopic (exact) mass is 334 g/mol. The Balaban J connectivity index is 1.68. The maximum atomic E-state index is 12.2. The molecule has 1 N–H and O–H groups in total. The summed E-state index contributed by atoms with van der Waals surface area (Å²) in [6.45, 7) is 8.39. The Bertz CT molecular complexity index is 606. The summed E-state index contributed by atoms with van der Waals surface area (Å²) in [6, 6.07) is 0. The van der Waals surface area contributed by atoms with Gasteiger partial charge in [-0.1, -0.05) is 0 Å². The molecule has 0 bridgehead atoms. The summed E-state index contributed by atoms with van der Waals surface area (Å²) in [5.74, 6) is 1.04. The SMILES string of the molecule is CC(C)(C)OC(=O)N1CCN(c2ncnc3c2[C@H](CO)CC3)CC1. The third-order valence-corrected chi connectivity index (χ3v) is 4.53. The average molecular weight is 334 g/mol. The fraction of sp³-hybridized carbons (Fsp3) is 0.706. The lowest BCUT2D eigenvalue weighted by Crippen LogP contribution is -2.50. The molecule has 1 saturated heterocycles. The van der Waals surface area contributed by atoms with E-state index in [1.54, 1.807) is 11.2 Å². The number of ether oxygens (including phenoxy) is 1. The molecule has 0 saturated carbocycles. The first-order valence-corrected chi connectivity index (χ1v) is 8.56. The highest BCUT2D eigenvalue weighted by molar-refractivity contribution is 5.68. The van der Waals surface area contributed by atoms with Crippen LogP contribution < -0.4 is 4.90 Å². The van der Waals surface area contributed by atoms with Gasteiger partial charge in [-0.3, -0.25) is 0 Å². The summed E-state index contributed by atoms with van der Waals surface area (Å²) in [7, 11) is 0. The van der Waals surface area contributed by atoms with E-state index in [4.69, 9.17) is 4.74 Å². The molecule has 3 rings (SSSR count). The van der Waals surface area contributed by atoms with Gasteiger partial charge in [0, 0.05) is 43.4 Å². The molecule has 2 aliphatic rings. The lowest BCUT2D eigenvalue weighted by atomic mass is 10.0. The molecule has 2 heterocycles. The minimum Gasteiger partial charge on any atom is -0.444 e. The molecular weight excluding hydrogens is 308 g/mol. The van der Waals surface area contributed by atoms with Crippen LogP contribution in [0.5, 0.6) is 0 Å². The second kappa shape index (κ2) is 6.55. The van der Waals surface area contributed by atoms with Crippen LogP contribution in [0.1, 0.15) is 44.4 Å². The number of anilines is 1. The average Bonchev–Trinajstić information content (AvgIpc) is 2.96. The molecular formula is C17H26N4O3. The number of hydrogen-bond acceptors (Lipinski definition) is 6. The number of carbonyl (C=O) groups is 1. The van der Waals surface area contributed by atoms with Gasteiger partial charge in [0.15, 0.2) is 0 Å². The van der Waals surface area contributed by atoms with Gasteiger partial charge in [0.2, 0.25) is 0 Å². The van der Waals surface area contributed by atoms with Crippen molar-refractivity contribution in [3.63, 3.8) is 0 Å². The van der Waals surface area contributed by atoms with Gasteiger partial charge in [-0.05, 0) is 33.6 Å². The topological polar surface area (TPSA) is 78.8 Å². The van der Waals surface area contributed by atoms with Crippen LogP contribution in [0.2, 0.25) is 0 Å². The zero-order valence-electron chi connectivity index (χ0n) is 14.7. The van der Waals surface area contributed by atoms with Gasteiger partial charge < -0.3 is 19.6 Å². The standard InChI is InChI=1S/C17H26N4O3/c1-17(2,3)24-16(23)21-8-6-20(7-9-21)15-14-12(10-22)4-5-13(14)18-11-19-15/h11-12,22H,4-10H2,1-3H3/t12-/m0/s1. The number of aliphatic hydroxyl groups is 1. The fourth-order valence-corrected chi connectivity index (χ4v) is 3.36. The number of aliphatic hydroxyl groups excluding tert-OH is 1. The molecule has 1 aliphatic carbocycles. The van der Waals surface area contributed by atoms with Crippen molar-refractivity contribution in [1.29, 1.82) is 0 Å². The zero-order chi connectivity index (χ0) is 17.3. The third-order valence-electron chi connectivity index (χ3n) is 4.53. The molecule has 0 radical (unpaired) electrons. The summed E-state index contributed by atoms with van der Waals surface area (Å²) in [4.78, 5) is 24.9. The van der Waals surface area contributed by atoms with E-state index in [1.165, 1.54) is 0 Å². The van der Waals surface area contributed by atoms with Crippen molar-refractivity contribution in [3.8, 4) is 0 Å². The smallest absolute Gasteiger partial charge is 0.410 e. The second-order valence-corrected chi connectivity index (χ2v) is 7.43. The van der Waals surface area contributed by atoms with Crippen LogP contribution in [0.3, 0.4) is 0 Å². The highest BCUT2D eigenvalue weighted by atomic mass is 16.6. The minimum atomic E-state index is -0.476. The molecule has 24 heavy (non-hydrogen) atoms. The fourth-order valence-electron chi connectivity index (χ4n) is 3.36. The minimum absolute atomic E-state index is 0.125. The zero-order valence-corrected chi connectivity index (χ0v) is 14.7. The Hall–Kier alpha value is -1.89. The van der Waals surface area contributed by atoms with Crippen molar-refractivity contribution in [2.75, 3.05) is 37.7 Å². The van der Waals surface area contributed by atoms with E-state index < -0.39 is 5.60 Å². The summed E-state index contributed by atoms with van der Waals surface area (Å²) < 4.78 is 5.44. The van der Waals surface area contributed by atoms with Gasteiger partial charge in [-0.2, -0.15) is 0 Å². The molecule has 7 nitrogen and oxygen atoms in total. The Morgan fingerprint density at radius 1 is 1.29 bits per heavy atom. The molecule has 7 heteroatoms. The molecule has 1 aromatic heterocycles. The van der Waals surface area contributed by atoms with E-state index in [0.29, 0.717) is 26.2 Å². The van der Waals surface area contributed by atoms with Gasteiger partial charge >= 0.3 is 6.09 Å². The highest BCUT2D eigenvalue weighted by Crippen LogP contribution is 2.37. The van der Waals surface area contributed by atoms with Crippen LogP contribution in [0.15, 0.2) is 6.33 Å². The first-order valence-electron chi connectivity index (χ1n) is 8.56. The Labute approximate surface area is 142 Å². The number of hydrogen-bond donors (Lipinski definition) is 1. The normalized spacial score (nSPS) is 20.9. The van der Waals surface area contributed by atoms with Crippen molar-refractivity contribution in [2.24, 2.45) is 0 Å². The maximum absolute atomic E-state index is 12.2. The van der Waals surface area contributed by atoms with E-state index in [2.05, 4.69) is 14.9 Å². The maximum Gasteiger partial charge on any atom is 0.410 e. The molecule has 0 aromatic carbocycles. The van der Waals surface area contributed by atoms with Crippen LogP contribution in [0, 0.1) is 0 Å². The Morgan fingerprint density at radius 2 is 2.00 bits per heavy atom. The number of aromatic nitrogens is 2. The third kappa shape index (κ3) is 3.45. The first-order chi connectivity index (χ1) is 11.4. The molecule has 1 atom stereocenters. The predicted molar refractivity (Wildman–Crippen MR) is 90.2 cm³/mol.